The first kappa shape index (κ1) is 20.7. The zero-order valence-electron chi connectivity index (χ0n) is 15.7. The van der Waals surface area contributed by atoms with E-state index in [1.807, 2.05) is 0 Å². The van der Waals surface area contributed by atoms with E-state index in [2.05, 4.69) is 5.32 Å². The molecule has 0 spiro atoms. The summed E-state index contributed by atoms with van der Waals surface area (Å²) in [6.07, 6.45) is 2.82. The molecule has 0 radical (unpaired) electrons. The molecule has 2 fully saturated rings. The van der Waals surface area contributed by atoms with E-state index in [1.54, 1.807) is 13.8 Å². The first-order valence-electron chi connectivity index (χ1n) is 9.14. The number of esters is 1. The zero-order chi connectivity index (χ0) is 20.2. The monoisotopic (exact) mass is 382 g/mol. The fourth-order valence-corrected chi connectivity index (χ4v) is 3.47. The lowest BCUT2D eigenvalue weighted by Gasteiger charge is -2.33. The van der Waals surface area contributed by atoms with Crippen LogP contribution in [0, 0.1) is 0 Å². The summed E-state index contributed by atoms with van der Waals surface area (Å²) in [5.41, 5.74) is 4.31. The molecule has 5 amide bonds. The van der Waals surface area contributed by atoms with Crippen molar-refractivity contribution in [1.29, 1.82) is 0 Å². The van der Waals surface area contributed by atoms with E-state index >= 15 is 0 Å². The van der Waals surface area contributed by atoms with Crippen molar-refractivity contribution in [2.75, 3.05) is 19.7 Å². The van der Waals surface area contributed by atoms with Crippen LogP contribution in [0.25, 0.3) is 0 Å². The number of amides is 5. The summed E-state index contributed by atoms with van der Waals surface area (Å²) < 4.78 is 4.92. The molecule has 27 heavy (non-hydrogen) atoms. The molecular weight excluding hydrogens is 356 g/mol. The van der Waals surface area contributed by atoms with Crippen molar-refractivity contribution >= 4 is 29.7 Å². The topological polar surface area (TPSA) is 139 Å². The van der Waals surface area contributed by atoms with Crippen molar-refractivity contribution in [2.45, 2.75) is 57.5 Å². The number of likely N-dealkylation sites (tertiary alicyclic amines) is 1. The number of nitrogens with zero attached hydrogens (tertiary/aromatic N) is 2. The number of ether oxygens (including phenoxy) is 1. The number of hydrogen-bond donors (Lipinski definition) is 2. The summed E-state index contributed by atoms with van der Waals surface area (Å²) in [4.78, 5) is 62.3. The molecule has 0 saturated carbocycles. The molecule has 2 saturated heterocycles. The van der Waals surface area contributed by atoms with Crippen molar-refractivity contribution in [3.8, 4) is 0 Å². The number of piperidine rings is 1. The van der Waals surface area contributed by atoms with Gasteiger partial charge in [0, 0.05) is 6.54 Å². The normalized spacial score (nSPS) is 21.8. The molecular formula is C17H26N4O6. The van der Waals surface area contributed by atoms with Gasteiger partial charge in [0.1, 0.15) is 18.1 Å². The first-order chi connectivity index (χ1) is 12.8. The Kier molecular flexibility index (Phi) is 6.40. The average molecular weight is 382 g/mol. The number of nitrogens with two attached hydrogens (primary N) is 1. The number of carbonyl (C=O) groups is 5. The number of nitrogens with one attached hydrogen (secondary N) is 1. The average Bonchev–Trinajstić information content (AvgIpc) is 2.90. The lowest BCUT2D eigenvalue weighted by molar-refractivity contribution is -0.156. The number of carbonyl (C=O) groups excluding carboxylic acids is 5. The molecule has 0 bridgehead atoms. The third-order valence-corrected chi connectivity index (χ3v) is 5.25. The van der Waals surface area contributed by atoms with Crippen LogP contribution in [0.2, 0.25) is 0 Å². The van der Waals surface area contributed by atoms with Gasteiger partial charge in [-0.3, -0.25) is 24.1 Å². The maximum Gasteiger partial charge on any atom is 0.326 e. The quantitative estimate of drug-likeness (QED) is 0.450. The van der Waals surface area contributed by atoms with Crippen LogP contribution in [-0.2, 0) is 23.9 Å². The lowest BCUT2D eigenvalue weighted by atomic mass is 9.93. The van der Waals surface area contributed by atoms with E-state index in [-0.39, 0.29) is 0 Å². The van der Waals surface area contributed by atoms with Crippen molar-refractivity contribution in [3.63, 3.8) is 0 Å². The van der Waals surface area contributed by atoms with Crippen LogP contribution in [0.1, 0.15) is 46.0 Å². The van der Waals surface area contributed by atoms with Crippen LogP contribution in [0.3, 0.4) is 0 Å². The third-order valence-electron chi connectivity index (χ3n) is 5.25. The molecule has 10 nitrogen and oxygen atoms in total. The number of hydrogen-bond acceptors (Lipinski definition) is 6. The number of urea groups is 1. The van der Waals surface area contributed by atoms with Gasteiger partial charge in [-0.15, -0.1) is 0 Å². The summed E-state index contributed by atoms with van der Waals surface area (Å²) in [6.45, 7) is 2.77. The zero-order valence-corrected chi connectivity index (χ0v) is 15.7. The maximum absolute atomic E-state index is 12.4. The van der Waals surface area contributed by atoms with Gasteiger partial charge >= 0.3 is 12.0 Å². The Labute approximate surface area is 157 Å². The Morgan fingerprint density at radius 2 is 1.89 bits per heavy atom. The Balaban J connectivity index is 1.91. The number of primary amides is 1. The van der Waals surface area contributed by atoms with Gasteiger partial charge in [-0.2, -0.15) is 0 Å². The van der Waals surface area contributed by atoms with Crippen molar-refractivity contribution < 1.29 is 28.7 Å². The molecule has 2 heterocycles. The fraction of sp³-hybridized carbons (Fsp3) is 0.706. The van der Waals surface area contributed by atoms with E-state index < -0.39 is 54.5 Å². The van der Waals surface area contributed by atoms with Gasteiger partial charge in [0.15, 0.2) is 6.61 Å². The highest BCUT2D eigenvalue weighted by Gasteiger charge is 2.49. The molecule has 0 aromatic rings. The molecule has 0 aromatic carbocycles. The van der Waals surface area contributed by atoms with Gasteiger partial charge in [0.25, 0.3) is 11.8 Å². The van der Waals surface area contributed by atoms with Crippen LogP contribution in [-0.4, -0.2) is 70.8 Å². The standard InChI is InChI=1S/C17H26N4O6/c1-3-17(4-2)15(25)21(16(26)19-17)9-13(23)27-10-12(22)20-8-6-5-7-11(20)14(18)24/h11H,3-10H2,1-2H3,(H2,18,24)(H,19,26)/t11-/m0/s1. The minimum Gasteiger partial charge on any atom is -0.454 e. The van der Waals surface area contributed by atoms with Crippen LogP contribution < -0.4 is 11.1 Å². The predicted octanol–water partition coefficient (Wildman–Crippen LogP) is -0.493. The Bertz CT molecular complexity index is 645. The third kappa shape index (κ3) is 4.20. The molecule has 2 aliphatic rings. The molecule has 2 rings (SSSR count). The smallest absolute Gasteiger partial charge is 0.326 e. The Hall–Kier alpha value is -2.65. The van der Waals surface area contributed by atoms with Gasteiger partial charge in [0.05, 0.1) is 0 Å². The molecule has 0 aliphatic carbocycles. The summed E-state index contributed by atoms with van der Waals surface area (Å²) in [6, 6.07) is -1.36. The van der Waals surface area contributed by atoms with Crippen LogP contribution in [0.5, 0.6) is 0 Å². The summed E-state index contributed by atoms with van der Waals surface area (Å²) in [5, 5.41) is 2.61. The summed E-state index contributed by atoms with van der Waals surface area (Å²) in [5.74, 6) is -2.47. The van der Waals surface area contributed by atoms with Crippen molar-refractivity contribution in [2.24, 2.45) is 5.73 Å². The predicted molar refractivity (Wildman–Crippen MR) is 93.1 cm³/mol. The van der Waals surface area contributed by atoms with Crippen LogP contribution >= 0.6 is 0 Å². The second-order valence-electron chi connectivity index (χ2n) is 6.77. The van der Waals surface area contributed by atoms with Crippen LogP contribution in [0.15, 0.2) is 0 Å². The van der Waals surface area contributed by atoms with E-state index in [4.69, 9.17) is 10.5 Å². The Morgan fingerprint density at radius 3 is 2.44 bits per heavy atom. The van der Waals surface area contributed by atoms with E-state index in [0.29, 0.717) is 25.8 Å². The largest absolute Gasteiger partial charge is 0.454 e. The molecule has 150 valence electrons. The lowest BCUT2D eigenvalue weighted by Crippen LogP contribution is -2.51. The number of rotatable bonds is 7. The highest BCUT2D eigenvalue weighted by Crippen LogP contribution is 2.24. The van der Waals surface area contributed by atoms with Gasteiger partial charge in [0.2, 0.25) is 5.91 Å². The first-order valence-corrected chi connectivity index (χ1v) is 9.14. The van der Waals surface area contributed by atoms with E-state index in [0.717, 1.165) is 17.7 Å². The highest BCUT2D eigenvalue weighted by molar-refractivity contribution is 6.08. The van der Waals surface area contributed by atoms with Crippen molar-refractivity contribution in [3.05, 3.63) is 0 Å². The van der Waals surface area contributed by atoms with E-state index in [9.17, 15) is 24.0 Å². The molecule has 0 unspecified atom stereocenters. The summed E-state index contributed by atoms with van der Waals surface area (Å²) in [7, 11) is 0. The van der Waals surface area contributed by atoms with Crippen LogP contribution in [0.4, 0.5) is 4.79 Å². The minimum atomic E-state index is -1.00. The second-order valence-corrected chi connectivity index (χ2v) is 6.77. The minimum absolute atomic E-state index is 0.368. The molecule has 10 heteroatoms. The van der Waals surface area contributed by atoms with Gasteiger partial charge in [-0.05, 0) is 32.1 Å². The Morgan fingerprint density at radius 1 is 1.22 bits per heavy atom. The van der Waals surface area contributed by atoms with E-state index in [1.165, 1.54) is 4.90 Å². The highest BCUT2D eigenvalue weighted by atomic mass is 16.5. The van der Waals surface area contributed by atoms with Gasteiger partial charge in [-0.1, -0.05) is 13.8 Å². The summed E-state index contributed by atoms with van der Waals surface area (Å²) >= 11 is 0. The molecule has 1 atom stereocenters. The molecule has 3 N–H and O–H groups in total. The number of imide groups is 1. The second kappa shape index (κ2) is 8.36. The molecule has 2 aliphatic heterocycles. The fourth-order valence-electron chi connectivity index (χ4n) is 3.47. The maximum atomic E-state index is 12.4. The SMILES string of the molecule is CCC1(CC)NC(=O)N(CC(=O)OCC(=O)N2CCCC[C@H]2C(N)=O)C1=O. The van der Waals surface area contributed by atoms with Crippen molar-refractivity contribution in [1.82, 2.24) is 15.1 Å². The molecule has 0 aromatic heterocycles. The van der Waals surface area contributed by atoms with Gasteiger partial charge < -0.3 is 20.7 Å². The van der Waals surface area contributed by atoms with Gasteiger partial charge in [-0.25, -0.2) is 4.79 Å².